The van der Waals surface area contributed by atoms with E-state index in [0.29, 0.717) is 5.56 Å². The number of hydrogen-bond donors (Lipinski definition) is 2. The van der Waals surface area contributed by atoms with Crippen LogP contribution in [-0.4, -0.2) is 22.2 Å². The quantitative estimate of drug-likeness (QED) is 0.799. The molecule has 1 aromatic carbocycles. The summed E-state index contributed by atoms with van der Waals surface area (Å²) in [6.07, 6.45) is 0.0539. The highest BCUT2D eigenvalue weighted by atomic mass is 19.1. The fourth-order valence-corrected chi connectivity index (χ4v) is 1.93. The summed E-state index contributed by atoms with van der Waals surface area (Å²) in [6.45, 7) is 0.0636. The number of carbonyl (C=O) groups excluding carboxylic acids is 1. The van der Waals surface area contributed by atoms with Crippen molar-refractivity contribution in [1.82, 2.24) is 10.3 Å². The molecule has 6 nitrogen and oxygen atoms in total. The van der Waals surface area contributed by atoms with Crippen molar-refractivity contribution in [3.8, 4) is 0 Å². The summed E-state index contributed by atoms with van der Waals surface area (Å²) in [5.74, 6) is -1.79. The van der Waals surface area contributed by atoms with Crippen molar-refractivity contribution in [3.05, 3.63) is 65.7 Å². The van der Waals surface area contributed by atoms with Gasteiger partial charge in [0.15, 0.2) is 0 Å². The van der Waals surface area contributed by atoms with Crippen molar-refractivity contribution in [2.45, 2.75) is 19.1 Å². The summed E-state index contributed by atoms with van der Waals surface area (Å²) in [5, 5.41) is 11.4. The standard InChI is InChI=1S/C16H15FN2O4/c17-14-7-6-12(9-18-14)13(8-15(20)21)19-16(22)23-10-11-4-2-1-3-5-11/h1-7,9,13H,8,10H2,(H,19,22)(H,20,21)/t13-/m0/s1. The number of carboxylic acid groups (broad SMARTS) is 1. The molecule has 0 fully saturated rings. The van der Waals surface area contributed by atoms with Gasteiger partial charge in [-0.15, -0.1) is 0 Å². The number of nitrogens with zero attached hydrogens (tertiary/aromatic N) is 1. The maximum Gasteiger partial charge on any atom is 0.407 e. The van der Waals surface area contributed by atoms with Gasteiger partial charge in [0.2, 0.25) is 5.95 Å². The van der Waals surface area contributed by atoms with Crippen molar-refractivity contribution in [3.63, 3.8) is 0 Å². The van der Waals surface area contributed by atoms with Crippen molar-refractivity contribution in [2.75, 3.05) is 0 Å². The molecule has 1 atom stereocenters. The van der Waals surface area contributed by atoms with Gasteiger partial charge in [-0.05, 0) is 17.2 Å². The molecule has 2 aromatic rings. The molecule has 2 rings (SSSR count). The number of aromatic nitrogens is 1. The van der Waals surface area contributed by atoms with Gasteiger partial charge in [-0.25, -0.2) is 9.78 Å². The first-order valence-corrected chi connectivity index (χ1v) is 6.85. The minimum atomic E-state index is -1.11. The van der Waals surface area contributed by atoms with E-state index in [-0.39, 0.29) is 13.0 Å². The first-order valence-electron chi connectivity index (χ1n) is 6.85. The molecule has 0 aliphatic carbocycles. The first-order chi connectivity index (χ1) is 11.0. The fraction of sp³-hybridized carbons (Fsp3) is 0.188. The molecule has 1 aromatic heterocycles. The zero-order valence-corrected chi connectivity index (χ0v) is 12.1. The summed E-state index contributed by atoms with van der Waals surface area (Å²) in [6, 6.07) is 10.7. The van der Waals surface area contributed by atoms with Crippen LogP contribution < -0.4 is 5.32 Å². The Morgan fingerprint density at radius 1 is 1.22 bits per heavy atom. The second-order valence-electron chi connectivity index (χ2n) is 4.77. The number of ether oxygens (including phenoxy) is 1. The molecule has 1 heterocycles. The van der Waals surface area contributed by atoms with Crippen LogP contribution in [-0.2, 0) is 16.1 Å². The summed E-state index contributed by atoms with van der Waals surface area (Å²) < 4.78 is 17.9. The Balaban J connectivity index is 1.98. The summed E-state index contributed by atoms with van der Waals surface area (Å²) in [4.78, 5) is 26.2. The van der Waals surface area contributed by atoms with Gasteiger partial charge in [0, 0.05) is 6.20 Å². The van der Waals surface area contributed by atoms with Gasteiger partial charge in [0.1, 0.15) is 6.61 Å². The molecule has 1 amide bonds. The summed E-state index contributed by atoms with van der Waals surface area (Å²) in [5.41, 5.74) is 1.19. The minimum Gasteiger partial charge on any atom is -0.481 e. The van der Waals surface area contributed by atoms with Crippen LogP contribution in [0.1, 0.15) is 23.6 Å². The number of benzene rings is 1. The maximum atomic E-state index is 12.8. The molecule has 0 aliphatic heterocycles. The van der Waals surface area contributed by atoms with Gasteiger partial charge >= 0.3 is 12.1 Å². The highest BCUT2D eigenvalue weighted by Gasteiger charge is 2.19. The highest BCUT2D eigenvalue weighted by molar-refractivity contribution is 5.71. The molecule has 0 aliphatic rings. The van der Waals surface area contributed by atoms with Gasteiger partial charge in [0.05, 0.1) is 12.5 Å². The second kappa shape index (κ2) is 7.88. The number of carboxylic acids is 1. The lowest BCUT2D eigenvalue weighted by atomic mass is 10.1. The lowest BCUT2D eigenvalue weighted by Crippen LogP contribution is -2.30. The Bertz CT molecular complexity index is 662. The Hall–Kier alpha value is -2.96. The Labute approximate surface area is 131 Å². The molecule has 0 radical (unpaired) electrons. The number of aliphatic carboxylic acids is 1. The maximum absolute atomic E-state index is 12.8. The molecule has 0 saturated heterocycles. The van der Waals surface area contributed by atoms with Gasteiger partial charge in [-0.1, -0.05) is 36.4 Å². The van der Waals surface area contributed by atoms with E-state index < -0.39 is 24.1 Å². The average molecular weight is 318 g/mol. The van der Waals surface area contributed by atoms with Crippen LogP contribution in [0.5, 0.6) is 0 Å². The Morgan fingerprint density at radius 3 is 2.57 bits per heavy atom. The van der Waals surface area contributed by atoms with Crippen LogP contribution in [0.4, 0.5) is 9.18 Å². The third kappa shape index (κ3) is 5.39. The van der Waals surface area contributed by atoms with E-state index in [1.54, 1.807) is 12.1 Å². The van der Waals surface area contributed by atoms with Crippen LogP contribution >= 0.6 is 0 Å². The average Bonchev–Trinajstić information content (AvgIpc) is 2.53. The Kier molecular flexibility index (Phi) is 5.62. The Morgan fingerprint density at radius 2 is 1.96 bits per heavy atom. The van der Waals surface area contributed by atoms with E-state index >= 15 is 0 Å². The molecule has 23 heavy (non-hydrogen) atoms. The molecule has 0 spiro atoms. The summed E-state index contributed by atoms with van der Waals surface area (Å²) in [7, 11) is 0. The molecule has 120 valence electrons. The highest BCUT2D eigenvalue weighted by Crippen LogP contribution is 2.16. The van der Waals surface area contributed by atoms with Gasteiger partial charge < -0.3 is 15.2 Å². The predicted octanol–water partition coefficient (Wildman–Crippen LogP) is 2.66. The van der Waals surface area contributed by atoms with Crippen LogP contribution in [0.15, 0.2) is 48.7 Å². The lowest BCUT2D eigenvalue weighted by molar-refractivity contribution is -0.137. The normalized spacial score (nSPS) is 11.5. The second-order valence-corrected chi connectivity index (χ2v) is 4.77. The monoisotopic (exact) mass is 318 g/mol. The number of rotatable bonds is 6. The van der Waals surface area contributed by atoms with Crippen molar-refractivity contribution >= 4 is 12.1 Å². The van der Waals surface area contributed by atoms with Gasteiger partial charge in [-0.2, -0.15) is 4.39 Å². The van der Waals surface area contributed by atoms with E-state index in [9.17, 15) is 14.0 Å². The number of halogens is 1. The van der Waals surface area contributed by atoms with E-state index in [0.717, 1.165) is 11.6 Å². The summed E-state index contributed by atoms with van der Waals surface area (Å²) >= 11 is 0. The first kappa shape index (κ1) is 16.4. The third-order valence-electron chi connectivity index (χ3n) is 3.04. The van der Waals surface area contributed by atoms with Crippen LogP contribution in [0, 0.1) is 5.95 Å². The zero-order chi connectivity index (χ0) is 16.7. The van der Waals surface area contributed by atoms with Crippen molar-refractivity contribution in [2.24, 2.45) is 0 Å². The smallest absolute Gasteiger partial charge is 0.407 e. The van der Waals surface area contributed by atoms with Crippen molar-refractivity contribution < 1.29 is 23.8 Å². The molecule has 7 heteroatoms. The van der Waals surface area contributed by atoms with E-state index in [1.807, 2.05) is 18.2 Å². The molecular formula is C16H15FN2O4. The fourth-order valence-electron chi connectivity index (χ4n) is 1.93. The van der Waals surface area contributed by atoms with E-state index in [2.05, 4.69) is 10.3 Å². The van der Waals surface area contributed by atoms with E-state index in [4.69, 9.17) is 9.84 Å². The molecular weight excluding hydrogens is 303 g/mol. The molecule has 2 N–H and O–H groups in total. The number of amides is 1. The predicted molar refractivity (Wildman–Crippen MR) is 79.0 cm³/mol. The third-order valence-corrected chi connectivity index (χ3v) is 3.04. The van der Waals surface area contributed by atoms with Crippen LogP contribution in [0.2, 0.25) is 0 Å². The minimum absolute atomic E-state index is 0.0636. The number of nitrogens with one attached hydrogen (secondary N) is 1. The van der Waals surface area contributed by atoms with E-state index in [1.165, 1.54) is 12.3 Å². The number of pyridine rings is 1. The number of alkyl carbamates (subject to hydrolysis) is 1. The lowest BCUT2D eigenvalue weighted by Gasteiger charge is -2.17. The largest absolute Gasteiger partial charge is 0.481 e. The number of hydrogen-bond acceptors (Lipinski definition) is 4. The van der Waals surface area contributed by atoms with Gasteiger partial charge in [0.25, 0.3) is 0 Å². The molecule has 0 saturated carbocycles. The number of carbonyl (C=O) groups is 2. The topological polar surface area (TPSA) is 88.5 Å². The zero-order valence-electron chi connectivity index (χ0n) is 12.1. The van der Waals surface area contributed by atoms with Crippen LogP contribution in [0.3, 0.4) is 0 Å². The van der Waals surface area contributed by atoms with Gasteiger partial charge in [-0.3, -0.25) is 4.79 Å². The SMILES string of the molecule is O=C(O)C[C@H](NC(=O)OCc1ccccc1)c1ccc(F)nc1. The van der Waals surface area contributed by atoms with Crippen LogP contribution in [0.25, 0.3) is 0 Å². The van der Waals surface area contributed by atoms with Crippen molar-refractivity contribution in [1.29, 1.82) is 0 Å². The molecule has 0 bridgehead atoms. The molecule has 0 unspecified atom stereocenters.